The average Bonchev–Trinajstić information content (AvgIpc) is 2.82. The lowest BCUT2D eigenvalue weighted by molar-refractivity contribution is -0.137. The fraction of sp³-hybridized carbons (Fsp3) is 0.583. The summed E-state index contributed by atoms with van der Waals surface area (Å²) >= 11 is 0. The molecule has 1 aliphatic heterocycles. The number of carbonyl (C=O) groups excluding carboxylic acids is 1. The molecule has 1 aromatic rings. The highest BCUT2D eigenvalue weighted by molar-refractivity contribution is 5.92. The summed E-state index contributed by atoms with van der Waals surface area (Å²) in [6.07, 6.45) is 3.90. The van der Waals surface area contributed by atoms with E-state index in [9.17, 15) is 14.4 Å². The molecule has 0 bridgehead atoms. The third-order valence-corrected chi connectivity index (χ3v) is 3.40. The molecule has 0 aromatic carbocycles. The molecule has 19 heavy (non-hydrogen) atoms. The van der Waals surface area contributed by atoms with Crippen LogP contribution in [0.15, 0.2) is 11.0 Å². The van der Waals surface area contributed by atoms with Gasteiger partial charge in [-0.05, 0) is 25.2 Å². The number of aromatic amines is 2. The second-order valence-electron chi connectivity index (χ2n) is 4.85. The molecule has 1 aromatic heterocycles. The van der Waals surface area contributed by atoms with Gasteiger partial charge in [-0.2, -0.15) is 0 Å². The van der Waals surface area contributed by atoms with Crippen LogP contribution in [0, 0.1) is 5.92 Å². The van der Waals surface area contributed by atoms with Gasteiger partial charge in [0.05, 0.1) is 0 Å². The monoisotopic (exact) mass is 267 g/mol. The Kier molecular flexibility index (Phi) is 4.03. The number of aromatic nitrogens is 2. The summed E-state index contributed by atoms with van der Waals surface area (Å²) in [5.41, 5.74) is -0.147. The number of hydrogen-bond acceptors (Lipinski definition) is 3. The van der Waals surface area contributed by atoms with Crippen LogP contribution >= 0.6 is 0 Å². The van der Waals surface area contributed by atoms with E-state index in [0.29, 0.717) is 19.5 Å². The smallest absolute Gasteiger partial charge is 0.323 e. The SMILES string of the molecule is O=C(O)CCC1CCCN(C(=O)c2c[nH]c(=O)[nH]2)C1. The number of rotatable bonds is 4. The Balaban J connectivity index is 1.95. The van der Waals surface area contributed by atoms with Gasteiger partial charge in [-0.15, -0.1) is 0 Å². The van der Waals surface area contributed by atoms with Crippen molar-refractivity contribution in [3.05, 3.63) is 22.4 Å². The van der Waals surface area contributed by atoms with Gasteiger partial charge in [0.15, 0.2) is 0 Å². The molecular formula is C12H17N3O4. The third-order valence-electron chi connectivity index (χ3n) is 3.40. The van der Waals surface area contributed by atoms with E-state index >= 15 is 0 Å². The minimum atomic E-state index is -0.807. The van der Waals surface area contributed by atoms with Gasteiger partial charge in [-0.3, -0.25) is 9.59 Å². The molecule has 3 N–H and O–H groups in total. The molecule has 2 heterocycles. The number of carboxylic acid groups (broad SMARTS) is 1. The molecule has 0 radical (unpaired) electrons. The van der Waals surface area contributed by atoms with Crippen LogP contribution in [0.3, 0.4) is 0 Å². The molecule has 7 heteroatoms. The molecule has 0 spiro atoms. The minimum absolute atomic E-state index is 0.133. The van der Waals surface area contributed by atoms with Crippen molar-refractivity contribution in [3.8, 4) is 0 Å². The lowest BCUT2D eigenvalue weighted by Crippen LogP contribution is -2.40. The number of hydrogen-bond donors (Lipinski definition) is 3. The Morgan fingerprint density at radius 2 is 2.26 bits per heavy atom. The van der Waals surface area contributed by atoms with Crippen molar-refractivity contribution in [2.24, 2.45) is 5.92 Å². The Labute approximate surface area is 109 Å². The summed E-state index contributed by atoms with van der Waals surface area (Å²) in [5, 5.41) is 8.68. The lowest BCUT2D eigenvalue weighted by Gasteiger charge is -2.32. The fourth-order valence-electron chi connectivity index (χ4n) is 2.43. The van der Waals surface area contributed by atoms with Gasteiger partial charge >= 0.3 is 11.7 Å². The molecule has 2 rings (SSSR count). The summed E-state index contributed by atoms with van der Waals surface area (Å²) in [6, 6.07) is 0. The Bertz CT molecular complexity index is 519. The van der Waals surface area contributed by atoms with Crippen molar-refractivity contribution in [2.75, 3.05) is 13.1 Å². The molecule has 1 saturated heterocycles. The minimum Gasteiger partial charge on any atom is -0.481 e. The first kappa shape index (κ1) is 13.4. The standard InChI is InChI=1S/C12H17N3O4/c16-10(17)4-3-8-2-1-5-15(7-8)11(18)9-6-13-12(19)14-9/h6,8H,1-5,7H2,(H,16,17)(H2,13,14,19). The number of amides is 1. The zero-order chi connectivity index (χ0) is 13.8. The van der Waals surface area contributed by atoms with Gasteiger partial charge in [-0.25, -0.2) is 4.79 Å². The summed E-state index contributed by atoms with van der Waals surface area (Å²) in [6.45, 7) is 1.20. The molecule has 1 aliphatic rings. The molecule has 7 nitrogen and oxygen atoms in total. The van der Waals surface area contributed by atoms with Crippen LogP contribution in [0.2, 0.25) is 0 Å². The number of nitrogens with one attached hydrogen (secondary N) is 2. The van der Waals surface area contributed by atoms with Crippen molar-refractivity contribution in [1.82, 2.24) is 14.9 Å². The number of carbonyl (C=O) groups is 2. The lowest BCUT2D eigenvalue weighted by atomic mass is 9.93. The van der Waals surface area contributed by atoms with E-state index < -0.39 is 11.7 Å². The molecule has 1 fully saturated rings. The Morgan fingerprint density at radius 3 is 2.89 bits per heavy atom. The van der Waals surface area contributed by atoms with Crippen LogP contribution in [-0.2, 0) is 4.79 Å². The van der Waals surface area contributed by atoms with Crippen molar-refractivity contribution >= 4 is 11.9 Å². The van der Waals surface area contributed by atoms with E-state index in [1.807, 2.05) is 0 Å². The predicted molar refractivity (Wildman–Crippen MR) is 66.9 cm³/mol. The van der Waals surface area contributed by atoms with Gasteiger partial charge < -0.3 is 20.0 Å². The van der Waals surface area contributed by atoms with Crippen LogP contribution in [0.25, 0.3) is 0 Å². The largest absolute Gasteiger partial charge is 0.481 e. The zero-order valence-electron chi connectivity index (χ0n) is 10.5. The van der Waals surface area contributed by atoms with E-state index in [4.69, 9.17) is 5.11 Å². The highest BCUT2D eigenvalue weighted by Gasteiger charge is 2.25. The van der Waals surface area contributed by atoms with Crippen molar-refractivity contribution in [2.45, 2.75) is 25.7 Å². The first-order chi connectivity index (χ1) is 9.06. The molecule has 0 aliphatic carbocycles. The number of piperidine rings is 1. The molecule has 1 atom stereocenters. The fourth-order valence-corrected chi connectivity index (χ4v) is 2.43. The van der Waals surface area contributed by atoms with E-state index in [2.05, 4.69) is 9.97 Å². The molecule has 104 valence electrons. The van der Waals surface area contributed by atoms with Crippen LogP contribution < -0.4 is 5.69 Å². The average molecular weight is 267 g/mol. The van der Waals surface area contributed by atoms with Crippen LogP contribution in [0.5, 0.6) is 0 Å². The molecule has 0 saturated carbocycles. The number of aliphatic carboxylic acids is 1. The van der Waals surface area contributed by atoms with E-state index in [-0.39, 0.29) is 23.9 Å². The number of carboxylic acids is 1. The maximum atomic E-state index is 12.1. The van der Waals surface area contributed by atoms with Crippen molar-refractivity contribution in [3.63, 3.8) is 0 Å². The Morgan fingerprint density at radius 1 is 1.47 bits per heavy atom. The summed E-state index contributed by atoms with van der Waals surface area (Å²) < 4.78 is 0. The summed E-state index contributed by atoms with van der Waals surface area (Å²) in [5.74, 6) is -0.795. The summed E-state index contributed by atoms with van der Waals surface area (Å²) in [7, 11) is 0. The highest BCUT2D eigenvalue weighted by atomic mass is 16.4. The number of nitrogens with zero attached hydrogens (tertiary/aromatic N) is 1. The molecular weight excluding hydrogens is 250 g/mol. The van der Waals surface area contributed by atoms with Gasteiger partial charge in [-0.1, -0.05) is 0 Å². The second kappa shape index (κ2) is 5.73. The van der Waals surface area contributed by atoms with Crippen LogP contribution in [0.4, 0.5) is 0 Å². The zero-order valence-corrected chi connectivity index (χ0v) is 10.5. The highest BCUT2D eigenvalue weighted by Crippen LogP contribution is 2.21. The number of likely N-dealkylation sites (tertiary alicyclic amines) is 1. The van der Waals surface area contributed by atoms with Crippen LogP contribution in [0.1, 0.15) is 36.2 Å². The van der Waals surface area contributed by atoms with Crippen molar-refractivity contribution in [1.29, 1.82) is 0 Å². The van der Waals surface area contributed by atoms with Gasteiger partial charge in [0.1, 0.15) is 5.69 Å². The third kappa shape index (κ3) is 3.46. The first-order valence-electron chi connectivity index (χ1n) is 6.35. The quantitative estimate of drug-likeness (QED) is 0.735. The number of imidazole rings is 1. The first-order valence-corrected chi connectivity index (χ1v) is 6.35. The van der Waals surface area contributed by atoms with Gasteiger partial charge in [0, 0.05) is 25.7 Å². The van der Waals surface area contributed by atoms with E-state index in [1.54, 1.807) is 4.90 Å². The van der Waals surface area contributed by atoms with Crippen LogP contribution in [-0.4, -0.2) is 44.9 Å². The molecule has 1 amide bonds. The maximum absolute atomic E-state index is 12.1. The number of H-pyrrole nitrogens is 2. The maximum Gasteiger partial charge on any atom is 0.323 e. The normalized spacial score (nSPS) is 19.4. The van der Waals surface area contributed by atoms with Gasteiger partial charge in [0.2, 0.25) is 0 Å². The van der Waals surface area contributed by atoms with E-state index in [0.717, 1.165) is 12.8 Å². The van der Waals surface area contributed by atoms with Crippen molar-refractivity contribution < 1.29 is 14.7 Å². The van der Waals surface area contributed by atoms with E-state index in [1.165, 1.54) is 6.20 Å². The Hall–Kier alpha value is -2.05. The molecule has 1 unspecified atom stereocenters. The topological polar surface area (TPSA) is 106 Å². The summed E-state index contributed by atoms with van der Waals surface area (Å²) in [4.78, 5) is 40.2. The predicted octanol–water partition coefficient (Wildman–Crippen LogP) is 0.420. The van der Waals surface area contributed by atoms with Gasteiger partial charge in [0.25, 0.3) is 5.91 Å². The second-order valence-corrected chi connectivity index (χ2v) is 4.85.